The van der Waals surface area contributed by atoms with Crippen LogP contribution in [0.2, 0.25) is 0 Å². The van der Waals surface area contributed by atoms with Crippen molar-refractivity contribution < 1.29 is 14.0 Å². The first kappa shape index (κ1) is 17.6. The number of carbonyl (C=O) groups is 2. The molecule has 0 saturated carbocycles. The van der Waals surface area contributed by atoms with Crippen LogP contribution in [0.1, 0.15) is 11.1 Å². The molecule has 1 N–H and O–H groups in total. The van der Waals surface area contributed by atoms with Gasteiger partial charge in [0.1, 0.15) is 0 Å². The number of fused-ring (bicyclic) bond motifs is 1. The molecule has 1 fully saturated rings. The van der Waals surface area contributed by atoms with Gasteiger partial charge in [0, 0.05) is 50.5 Å². The van der Waals surface area contributed by atoms with E-state index in [4.69, 9.17) is 4.42 Å². The van der Waals surface area contributed by atoms with Crippen LogP contribution in [0, 0.1) is 0 Å². The number of piperazine rings is 1. The molecule has 7 nitrogen and oxygen atoms in total. The maximum Gasteiger partial charge on any atom is 0.317 e. The second-order valence-corrected chi connectivity index (χ2v) is 6.98. The highest BCUT2D eigenvalue weighted by atomic mass is 16.3. The van der Waals surface area contributed by atoms with E-state index in [1.807, 2.05) is 29.2 Å². The summed E-state index contributed by atoms with van der Waals surface area (Å²) in [6, 6.07) is 9.86. The number of para-hydroxylation sites is 1. The zero-order valence-electron chi connectivity index (χ0n) is 15.3. The van der Waals surface area contributed by atoms with Crippen molar-refractivity contribution in [1.29, 1.82) is 0 Å². The number of nitrogens with one attached hydrogen (secondary N) is 1. The summed E-state index contributed by atoms with van der Waals surface area (Å²) >= 11 is 0. The molecule has 142 valence electrons. The summed E-state index contributed by atoms with van der Waals surface area (Å²) in [6.07, 6.45) is 4.14. The maximum absolute atomic E-state index is 12.7. The number of carbonyl (C=O) groups excluding carboxylic acids is 2. The van der Waals surface area contributed by atoms with E-state index in [9.17, 15) is 9.59 Å². The van der Waals surface area contributed by atoms with Crippen LogP contribution in [0.5, 0.6) is 0 Å². The third-order valence-electron chi connectivity index (χ3n) is 5.23. The summed E-state index contributed by atoms with van der Waals surface area (Å²) in [7, 11) is 0. The van der Waals surface area contributed by atoms with E-state index >= 15 is 0 Å². The Labute approximate surface area is 158 Å². The second-order valence-electron chi connectivity index (χ2n) is 6.98. The lowest BCUT2D eigenvalue weighted by Crippen LogP contribution is -2.53. The number of furan rings is 1. The van der Waals surface area contributed by atoms with Crippen molar-refractivity contribution in [3.8, 4) is 0 Å². The number of anilines is 1. The Morgan fingerprint density at radius 2 is 1.85 bits per heavy atom. The lowest BCUT2D eigenvalue weighted by molar-refractivity contribution is -0.120. The fourth-order valence-corrected chi connectivity index (χ4v) is 3.67. The summed E-state index contributed by atoms with van der Waals surface area (Å²) in [5.74, 6) is 0.137. The lowest BCUT2D eigenvalue weighted by Gasteiger charge is -2.35. The van der Waals surface area contributed by atoms with E-state index in [0.717, 1.165) is 24.2 Å². The fraction of sp³-hybridized carbons (Fsp3) is 0.400. The molecule has 0 radical (unpaired) electrons. The van der Waals surface area contributed by atoms with Crippen molar-refractivity contribution in [2.45, 2.75) is 13.0 Å². The molecule has 2 aliphatic rings. The Bertz CT molecular complexity index is 797. The van der Waals surface area contributed by atoms with Crippen molar-refractivity contribution in [3.05, 3.63) is 54.0 Å². The summed E-state index contributed by atoms with van der Waals surface area (Å²) in [6.45, 7) is 4.29. The van der Waals surface area contributed by atoms with E-state index in [2.05, 4.69) is 16.3 Å². The van der Waals surface area contributed by atoms with Crippen molar-refractivity contribution in [2.24, 2.45) is 0 Å². The SMILES string of the molecule is O=C(NCc1ccoc1)N1CCN(CC(=O)N2CCc3ccccc32)CC1. The van der Waals surface area contributed by atoms with Gasteiger partial charge in [0.15, 0.2) is 0 Å². The van der Waals surface area contributed by atoms with Crippen LogP contribution in [-0.4, -0.2) is 61.0 Å². The molecule has 3 heterocycles. The Balaban J connectivity index is 1.24. The van der Waals surface area contributed by atoms with E-state index < -0.39 is 0 Å². The molecule has 1 aromatic carbocycles. The Hall–Kier alpha value is -2.80. The third-order valence-corrected chi connectivity index (χ3v) is 5.23. The van der Waals surface area contributed by atoms with Crippen LogP contribution < -0.4 is 10.2 Å². The van der Waals surface area contributed by atoms with Gasteiger partial charge in [0.2, 0.25) is 5.91 Å². The summed E-state index contributed by atoms with van der Waals surface area (Å²) in [5, 5.41) is 2.90. The van der Waals surface area contributed by atoms with Gasteiger partial charge in [-0.2, -0.15) is 0 Å². The topological polar surface area (TPSA) is 69.0 Å². The van der Waals surface area contributed by atoms with Gasteiger partial charge in [-0.15, -0.1) is 0 Å². The molecule has 2 aromatic rings. The Morgan fingerprint density at radius 1 is 1.04 bits per heavy atom. The predicted molar refractivity (Wildman–Crippen MR) is 101 cm³/mol. The molecular formula is C20H24N4O3. The first-order chi connectivity index (χ1) is 13.2. The summed E-state index contributed by atoms with van der Waals surface area (Å²) in [4.78, 5) is 30.8. The highest BCUT2D eigenvalue weighted by Gasteiger charge is 2.27. The first-order valence-corrected chi connectivity index (χ1v) is 9.35. The van der Waals surface area contributed by atoms with Crippen LogP contribution in [-0.2, 0) is 17.8 Å². The van der Waals surface area contributed by atoms with Gasteiger partial charge in [0.05, 0.1) is 19.1 Å². The number of hydrogen-bond acceptors (Lipinski definition) is 4. The Kier molecular flexibility index (Phi) is 5.11. The summed E-state index contributed by atoms with van der Waals surface area (Å²) in [5.41, 5.74) is 3.23. The van der Waals surface area contributed by atoms with Gasteiger partial charge in [-0.3, -0.25) is 9.69 Å². The molecule has 27 heavy (non-hydrogen) atoms. The van der Waals surface area contributed by atoms with E-state index in [1.54, 1.807) is 17.4 Å². The van der Waals surface area contributed by atoms with E-state index in [-0.39, 0.29) is 11.9 Å². The van der Waals surface area contributed by atoms with Crippen molar-refractivity contribution >= 4 is 17.6 Å². The normalized spacial score (nSPS) is 17.0. The highest BCUT2D eigenvalue weighted by Crippen LogP contribution is 2.27. The van der Waals surface area contributed by atoms with Gasteiger partial charge in [-0.05, 0) is 24.1 Å². The van der Waals surface area contributed by atoms with Crippen LogP contribution >= 0.6 is 0 Å². The minimum absolute atomic E-state index is 0.0735. The molecule has 3 amide bonds. The van der Waals surface area contributed by atoms with Crippen LogP contribution in [0.25, 0.3) is 0 Å². The van der Waals surface area contributed by atoms with Gasteiger partial charge < -0.3 is 19.5 Å². The fourth-order valence-electron chi connectivity index (χ4n) is 3.67. The number of nitrogens with zero attached hydrogens (tertiary/aromatic N) is 3. The third kappa shape index (κ3) is 3.98. The average molecular weight is 368 g/mol. The largest absolute Gasteiger partial charge is 0.472 e. The minimum Gasteiger partial charge on any atom is -0.472 e. The quantitative estimate of drug-likeness (QED) is 0.892. The van der Waals surface area contributed by atoms with Crippen molar-refractivity contribution in [2.75, 3.05) is 44.2 Å². The molecule has 2 aliphatic heterocycles. The van der Waals surface area contributed by atoms with E-state index in [1.165, 1.54) is 5.56 Å². The molecule has 1 saturated heterocycles. The smallest absolute Gasteiger partial charge is 0.317 e. The molecule has 0 bridgehead atoms. The zero-order valence-corrected chi connectivity index (χ0v) is 15.3. The maximum atomic E-state index is 12.7. The molecule has 0 aliphatic carbocycles. The number of rotatable bonds is 4. The van der Waals surface area contributed by atoms with Gasteiger partial charge in [0.25, 0.3) is 0 Å². The molecular weight excluding hydrogens is 344 g/mol. The molecule has 1 aromatic heterocycles. The van der Waals surface area contributed by atoms with E-state index in [0.29, 0.717) is 39.3 Å². The van der Waals surface area contributed by atoms with Gasteiger partial charge in [-0.1, -0.05) is 18.2 Å². The van der Waals surface area contributed by atoms with Crippen molar-refractivity contribution in [1.82, 2.24) is 15.1 Å². The standard InChI is InChI=1S/C20H24N4O3/c25-19(24-7-5-17-3-1-2-4-18(17)24)14-22-8-10-23(11-9-22)20(26)21-13-16-6-12-27-15-16/h1-4,6,12,15H,5,7-11,13-14H2,(H,21,26). The molecule has 7 heteroatoms. The number of hydrogen-bond donors (Lipinski definition) is 1. The zero-order chi connectivity index (χ0) is 18.6. The van der Waals surface area contributed by atoms with Gasteiger partial charge in [-0.25, -0.2) is 4.79 Å². The molecule has 0 atom stereocenters. The molecule has 0 unspecified atom stereocenters. The molecule has 0 spiro atoms. The first-order valence-electron chi connectivity index (χ1n) is 9.35. The van der Waals surface area contributed by atoms with Gasteiger partial charge >= 0.3 is 6.03 Å². The number of benzene rings is 1. The van der Waals surface area contributed by atoms with Crippen LogP contribution in [0.15, 0.2) is 47.3 Å². The van der Waals surface area contributed by atoms with Crippen molar-refractivity contribution in [3.63, 3.8) is 0 Å². The average Bonchev–Trinajstić information content (AvgIpc) is 3.36. The monoisotopic (exact) mass is 368 g/mol. The summed E-state index contributed by atoms with van der Waals surface area (Å²) < 4.78 is 5.00. The highest BCUT2D eigenvalue weighted by molar-refractivity contribution is 5.96. The van der Waals surface area contributed by atoms with Crippen LogP contribution in [0.4, 0.5) is 10.5 Å². The molecule has 4 rings (SSSR count). The lowest BCUT2D eigenvalue weighted by atomic mass is 10.2. The second kappa shape index (κ2) is 7.84. The minimum atomic E-state index is -0.0735. The Morgan fingerprint density at radius 3 is 2.63 bits per heavy atom. The predicted octanol–water partition coefficient (Wildman–Crippen LogP) is 1.70. The number of urea groups is 1. The number of amides is 3. The van der Waals surface area contributed by atoms with Crippen LogP contribution in [0.3, 0.4) is 0 Å².